The predicted octanol–water partition coefficient (Wildman–Crippen LogP) is 4.14. The first-order valence-electron chi connectivity index (χ1n) is 6.88. The summed E-state index contributed by atoms with van der Waals surface area (Å²) >= 11 is 1.86. The van der Waals surface area contributed by atoms with Gasteiger partial charge in [0.1, 0.15) is 5.75 Å². The maximum atomic E-state index is 5.18. The Balaban J connectivity index is 1.98. The maximum Gasteiger partial charge on any atom is 0.118 e. The van der Waals surface area contributed by atoms with Gasteiger partial charge < -0.3 is 10.1 Å². The molecule has 106 valence electrons. The van der Waals surface area contributed by atoms with Crippen molar-refractivity contribution < 1.29 is 4.74 Å². The highest BCUT2D eigenvalue weighted by atomic mass is 32.2. The third-order valence-electron chi connectivity index (χ3n) is 3.13. The number of ether oxygens (including phenoxy) is 1. The van der Waals surface area contributed by atoms with Crippen molar-refractivity contribution >= 4 is 11.8 Å². The van der Waals surface area contributed by atoms with Crippen LogP contribution in [0.4, 0.5) is 0 Å². The molecule has 1 N–H and O–H groups in total. The zero-order valence-corrected chi connectivity index (χ0v) is 12.8. The lowest BCUT2D eigenvalue weighted by atomic mass is 10.1. The lowest BCUT2D eigenvalue weighted by molar-refractivity contribution is 0.414. The van der Waals surface area contributed by atoms with E-state index >= 15 is 0 Å². The molecule has 2 aromatic rings. The van der Waals surface area contributed by atoms with E-state index < -0.39 is 0 Å². The van der Waals surface area contributed by atoms with Crippen LogP contribution in [0, 0.1) is 0 Å². The fourth-order valence-corrected chi connectivity index (χ4v) is 3.05. The Morgan fingerprint density at radius 1 is 1.05 bits per heavy atom. The average molecular weight is 287 g/mol. The lowest BCUT2D eigenvalue weighted by Gasteiger charge is -2.18. The van der Waals surface area contributed by atoms with Gasteiger partial charge >= 0.3 is 0 Å². The van der Waals surface area contributed by atoms with Gasteiger partial charge in [-0.05, 0) is 36.4 Å². The topological polar surface area (TPSA) is 21.3 Å². The molecule has 3 heteroatoms. The summed E-state index contributed by atoms with van der Waals surface area (Å²) < 4.78 is 5.18. The SMILES string of the molecule is CCNC(CSc1ccc(OC)cc1)c1ccccc1. The summed E-state index contributed by atoms with van der Waals surface area (Å²) in [5.41, 5.74) is 1.34. The monoisotopic (exact) mass is 287 g/mol. The summed E-state index contributed by atoms with van der Waals surface area (Å²) in [5, 5.41) is 3.55. The number of hydrogen-bond acceptors (Lipinski definition) is 3. The molecule has 0 aliphatic rings. The quantitative estimate of drug-likeness (QED) is 0.773. The molecule has 20 heavy (non-hydrogen) atoms. The normalized spacial score (nSPS) is 12.1. The van der Waals surface area contributed by atoms with E-state index in [9.17, 15) is 0 Å². The highest BCUT2D eigenvalue weighted by Crippen LogP contribution is 2.26. The molecule has 0 saturated heterocycles. The smallest absolute Gasteiger partial charge is 0.118 e. The van der Waals surface area contributed by atoms with Crippen molar-refractivity contribution in [3.8, 4) is 5.75 Å². The molecule has 0 radical (unpaired) electrons. The van der Waals surface area contributed by atoms with Crippen LogP contribution in [-0.4, -0.2) is 19.4 Å². The van der Waals surface area contributed by atoms with Crippen molar-refractivity contribution in [2.45, 2.75) is 17.9 Å². The van der Waals surface area contributed by atoms with Gasteiger partial charge in [-0.3, -0.25) is 0 Å². The zero-order chi connectivity index (χ0) is 14.2. The first kappa shape index (κ1) is 14.9. The van der Waals surface area contributed by atoms with Gasteiger partial charge in [0, 0.05) is 16.7 Å². The van der Waals surface area contributed by atoms with E-state index in [1.54, 1.807) is 7.11 Å². The summed E-state index contributed by atoms with van der Waals surface area (Å²) in [6, 6.07) is 19.2. The van der Waals surface area contributed by atoms with Crippen LogP contribution in [-0.2, 0) is 0 Å². The maximum absolute atomic E-state index is 5.18. The van der Waals surface area contributed by atoms with Crippen LogP contribution in [0.1, 0.15) is 18.5 Å². The van der Waals surface area contributed by atoms with Crippen LogP contribution in [0.5, 0.6) is 5.75 Å². The summed E-state index contributed by atoms with van der Waals surface area (Å²) in [7, 11) is 1.69. The van der Waals surface area contributed by atoms with Gasteiger partial charge in [-0.1, -0.05) is 37.3 Å². The van der Waals surface area contributed by atoms with Crippen LogP contribution in [0.25, 0.3) is 0 Å². The summed E-state index contributed by atoms with van der Waals surface area (Å²) in [6.45, 7) is 3.12. The third-order valence-corrected chi connectivity index (χ3v) is 4.23. The summed E-state index contributed by atoms with van der Waals surface area (Å²) in [4.78, 5) is 1.27. The molecule has 2 nitrogen and oxygen atoms in total. The van der Waals surface area contributed by atoms with E-state index in [0.717, 1.165) is 18.0 Å². The molecular formula is C17H21NOS. The molecule has 0 amide bonds. The molecule has 1 atom stereocenters. The second-order valence-electron chi connectivity index (χ2n) is 4.51. The average Bonchev–Trinajstić information content (AvgIpc) is 2.53. The molecule has 1 unspecified atom stereocenters. The van der Waals surface area contributed by atoms with Gasteiger partial charge in [0.05, 0.1) is 7.11 Å². The standard InChI is InChI=1S/C17H21NOS/c1-3-18-17(14-7-5-4-6-8-14)13-20-16-11-9-15(19-2)10-12-16/h4-12,17-18H,3,13H2,1-2H3. The number of methoxy groups -OCH3 is 1. The highest BCUT2D eigenvalue weighted by molar-refractivity contribution is 7.99. The summed E-state index contributed by atoms with van der Waals surface area (Å²) in [6.07, 6.45) is 0. The molecule has 2 aromatic carbocycles. The van der Waals surface area contributed by atoms with E-state index in [-0.39, 0.29) is 0 Å². The van der Waals surface area contributed by atoms with E-state index in [1.165, 1.54) is 10.5 Å². The molecule has 0 aliphatic heterocycles. The minimum Gasteiger partial charge on any atom is -0.497 e. The van der Waals surface area contributed by atoms with Gasteiger partial charge in [-0.2, -0.15) is 0 Å². The number of nitrogens with one attached hydrogen (secondary N) is 1. The third kappa shape index (κ3) is 4.29. The van der Waals surface area contributed by atoms with Crippen molar-refractivity contribution in [1.29, 1.82) is 0 Å². The van der Waals surface area contributed by atoms with Crippen LogP contribution < -0.4 is 10.1 Å². The van der Waals surface area contributed by atoms with Crippen LogP contribution in [0.3, 0.4) is 0 Å². The van der Waals surface area contributed by atoms with Gasteiger partial charge in [0.25, 0.3) is 0 Å². The number of hydrogen-bond donors (Lipinski definition) is 1. The Bertz CT molecular complexity index is 498. The summed E-state index contributed by atoms with van der Waals surface area (Å²) in [5.74, 6) is 1.92. The van der Waals surface area contributed by atoms with Crippen molar-refractivity contribution in [2.24, 2.45) is 0 Å². The number of thioether (sulfide) groups is 1. The fraction of sp³-hybridized carbons (Fsp3) is 0.294. The molecule has 2 rings (SSSR count). The van der Waals surface area contributed by atoms with Gasteiger partial charge in [0.2, 0.25) is 0 Å². The van der Waals surface area contributed by atoms with E-state index in [0.29, 0.717) is 6.04 Å². The van der Waals surface area contributed by atoms with Crippen LogP contribution in [0.2, 0.25) is 0 Å². The van der Waals surface area contributed by atoms with Crippen LogP contribution >= 0.6 is 11.8 Å². The second-order valence-corrected chi connectivity index (χ2v) is 5.60. The van der Waals surface area contributed by atoms with E-state index in [2.05, 4.69) is 54.7 Å². The van der Waals surface area contributed by atoms with E-state index in [4.69, 9.17) is 4.74 Å². The van der Waals surface area contributed by atoms with Gasteiger partial charge in [0.15, 0.2) is 0 Å². The second kappa shape index (κ2) is 7.98. The van der Waals surface area contributed by atoms with Crippen molar-refractivity contribution in [1.82, 2.24) is 5.32 Å². The molecule has 0 spiro atoms. The minimum atomic E-state index is 0.383. The minimum absolute atomic E-state index is 0.383. The lowest BCUT2D eigenvalue weighted by Crippen LogP contribution is -2.22. The molecular weight excluding hydrogens is 266 g/mol. The number of benzene rings is 2. The largest absolute Gasteiger partial charge is 0.497 e. The Morgan fingerprint density at radius 3 is 2.35 bits per heavy atom. The first-order valence-corrected chi connectivity index (χ1v) is 7.87. The Morgan fingerprint density at radius 2 is 1.75 bits per heavy atom. The fourth-order valence-electron chi connectivity index (χ4n) is 2.06. The Hall–Kier alpha value is -1.45. The van der Waals surface area contributed by atoms with Crippen LogP contribution in [0.15, 0.2) is 59.5 Å². The predicted molar refractivity (Wildman–Crippen MR) is 86.6 cm³/mol. The molecule has 0 bridgehead atoms. The molecule has 0 aliphatic carbocycles. The van der Waals surface area contributed by atoms with Gasteiger partial charge in [-0.25, -0.2) is 0 Å². The Kier molecular flexibility index (Phi) is 5.96. The first-order chi connectivity index (χ1) is 9.83. The number of rotatable bonds is 7. The van der Waals surface area contributed by atoms with Crippen molar-refractivity contribution in [2.75, 3.05) is 19.4 Å². The van der Waals surface area contributed by atoms with Gasteiger partial charge in [-0.15, -0.1) is 11.8 Å². The van der Waals surface area contributed by atoms with Crippen molar-refractivity contribution in [3.05, 3.63) is 60.2 Å². The van der Waals surface area contributed by atoms with E-state index in [1.807, 2.05) is 23.9 Å². The highest BCUT2D eigenvalue weighted by Gasteiger charge is 2.10. The molecule has 0 aromatic heterocycles. The zero-order valence-electron chi connectivity index (χ0n) is 12.0. The molecule has 0 saturated carbocycles. The molecule has 0 heterocycles. The Labute approximate surface area is 125 Å². The van der Waals surface area contributed by atoms with Crippen molar-refractivity contribution in [3.63, 3.8) is 0 Å². The molecule has 0 fully saturated rings.